The molecule has 0 amide bonds. The van der Waals surface area contributed by atoms with Crippen LogP contribution >= 0.6 is 0 Å². The molecular formula is C50H86O7S. The highest BCUT2D eigenvalue weighted by Gasteiger charge is 2.28. The minimum Gasteiger partial charge on any atom is -0.462 e. The molecule has 0 fully saturated rings. The van der Waals surface area contributed by atoms with Gasteiger partial charge in [0.25, 0.3) is 10.1 Å². The molecule has 0 atom stereocenters. The molecule has 0 bridgehead atoms. The monoisotopic (exact) mass is 831 g/mol. The summed E-state index contributed by atoms with van der Waals surface area (Å²) in [6, 6.07) is 3.70. The normalized spacial score (nSPS) is 11.9. The number of allylic oxidation sites excluding steroid dienone is 2. The van der Waals surface area contributed by atoms with Crippen LogP contribution in [0.15, 0.2) is 47.4 Å². The summed E-state index contributed by atoms with van der Waals surface area (Å²) in [5, 5.41) is 0. The van der Waals surface area contributed by atoms with Crippen LogP contribution in [0.3, 0.4) is 0 Å². The van der Waals surface area contributed by atoms with Gasteiger partial charge >= 0.3 is 11.9 Å². The fraction of sp³-hybridized carbons (Fsp3) is 0.760. The molecule has 1 aromatic carbocycles. The highest BCUT2D eigenvalue weighted by Crippen LogP contribution is 2.23. The Hall–Kier alpha value is -2.45. The highest BCUT2D eigenvalue weighted by molar-refractivity contribution is 7.86. The molecule has 1 N–H and O–H groups in total. The predicted molar refractivity (Wildman–Crippen MR) is 243 cm³/mol. The molecule has 0 unspecified atom stereocenters. The second-order valence-corrected chi connectivity index (χ2v) is 17.8. The summed E-state index contributed by atoms with van der Waals surface area (Å²) in [6.07, 6.45) is 51.2. The van der Waals surface area contributed by atoms with Gasteiger partial charge in [0, 0.05) is 0 Å². The molecule has 0 saturated heterocycles. The summed E-state index contributed by atoms with van der Waals surface area (Å²) in [5.74, 6) is -1.82. The van der Waals surface area contributed by atoms with E-state index in [9.17, 15) is 22.6 Å². The summed E-state index contributed by atoms with van der Waals surface area (Å²) in [6.45, 7) is 4.64. The summed E-state index contributed by atoms with van der Waals surface area (Å²) >= 11 is 0. The van der Waals surface area contributed by atoms with E-state index in [0.29, 0.717) is 12.8 Å². The number of benzene rings is 1. The first-order chi connectivity index (χ1) is 28.3. The Kier molecular flexibility index (Phi) is 35.8. The van der Waals surface area contributed by atoms with Crippen molar-refractivity contribution in [1.29, 1.82) is 0 Å². The first-order valence-corrected chi connectivity index (χ1v) is 25.5. The van der Waals surface area contributed by atoms with Gasteiger partial charge in [-0.05, 0) is 50.7 Å². The zero-order valence-electron chi connectivity index (χ0n) is 37.3. The standard InChI is InChI=1S/C50H86O7S/c1-3-5-7-9-11-13-15-17-19-21-23-25-27-29-31-33-35-37-39-44-56-49(51)46-42-41-43-47(58(53,54)55)48(46)50(52)57-45-40-38-36-34-32-30-28-26-24-22-20-18-16-14-12-10-8-6-4-2/h35-38,41-43H,3-34,39-40,44-45H2,1-2H3,(H,53,54,55)/b37-35+,38-36+. The Morgan fingerprint density at radius 2 is 0.776 bits per heavy atom. The van der Waals surface area contributed by atoms with Crippen molar-refractivity contribution in [3.8, 4) is 0 Å². The van der Waals surface area contributed by atoms with Crippen LogP contribution in [0.5, 0.6) is 0 Å². The number of ether oxygens (including phenoxy) is 2. The molecule has 0 spiro atoms. The molecule has 0 aliphatic carbocycles. The smallest absolute Gasteiger partial charge is 0.340 e. The molecule has 8 heteroatoms. The van der Waals surface area contributed by atoms with Crippen molar-refractivity contribution in [2.24, 2.45) is 0 Å². The zero-order valence-corrected chi connectivity index (χ0v) is 38.1. The minimum absolute atomic E-state index is 0.0205. The van der Waals surface area contributed by atoms with Gasteiger partial charge in [-0.15, -0.1) is 0 Å². The van der Waals surface area contributed by atoms with E-state index in [1.165, 1.54) is 192 Å². The molecule has 0 aliphatic heterocycles. The first-order valence-electron chi connectivity index (χ1n) is 24.1. The molecule has 1 aromatic rings. The third kappa shape index (κ3) is 30.6. The maximum Gasteiger partial charge on any atom is 0.340 e. The zero-order chi connectivity index (χ0) is 42.2. The van der Waals surface area contributed by atoms with E-state index in [1.54, 1.807) is 0 Å². The predicted octanol–water partition coefficient (Wildman–Crippen LogP) is 15.7. The van der Waals surface area contributed by atoms with Gasteiger partial charge in [0.05, 0.1) is 24.3 Å². The van der Waals surface area contributed by atoms with Gasteiger partial charge < -0.3 is 9.47 Å². The molecular weight excluding hydrogens is 745 g/mol. The maximum atomic E-state index is 13.0. The van der Waals surface area contributed by atoms with E-state index >= 15 is 0 Å². The van der Waals surface area contributed by atoms with Gasteiger partial charge in [0.1, 0.15) is 4.90 Å². The van der Waals surface area contributed by atoms with Crippen molar-refractivity contribution in [3.05, 3.63) is 53.6 Å². The number of carbonyl (C=O) groups excluding carboxylic acids is 2. The average Bonchev–Trinajstić information content (AvgIpc) is 3.21. The summed E-state index contributed by atoms with van der Waals surface area (Å²) in [5.41, 5.74) is -0.744. The van der Waals surface area contributed by atoms with E-state index < -0.39 is 32.5 Å². The lowest BCUT2D eigenvalue weighted by atomic mass is 10.0. The molecule has 0 saturated carbocycles. The van der Waals surface area contributed by atoms with Crippen LogP contribution < -0.4 is 0 Å². The van der Waals surface area contributed by atoms with Crippen molar-refractivity contribution in [1.82, 2.24) is 0 Å². The largest absolute Gasteiger partial charge is 0.462 e. The van der Waals surface area contributed by atoms with Crippen molar-refractivity contribution >= 4 is 22.1 Å². The SMILES string of the molecule is CCCCCCCCCCCCCCCCC/C=C/CCOC(=O)c1cccc(S(=O)(=O)O)c1C(=O)OCC/C=C/CCCCCCCCCCCCCCCCC. The van der Waals surface area contributed by atoms with Crippen LogP contribution in [-0.4, -0.2) is 38.1 Å². The summed E-state index contributed by atoms with van der Waals surface area (Å²) in [7, 11) is -4.79. The van der Waals surface area contributed by atoms with Crippen LogP contribution in [0.1, 0.15) is 253 Å². The molecule has 0 aromatic heterocycles. The average molecular weight is 831 g/mol. The Morgan fingerprint density at radius 3 is 1.12 bits per heavy atom. The van der Waals surface area contributed by atoms with E-state index in [1.807, 2.05) is 12.2 Å². The molecule has 0 aliphatic rings. The quantitative estimate of drug-likeness (QED) is 0.0303. The Balaban J connectivity index is 2.22. The van der Waals surface area contributed by atoms with Gasteiger partial charge in [0.15, 0.2) is 0 Å². The number of esters is 2. The van der Waals surface area contributed by atoms with Crippen molar-refractivity contribution in [3.63, 3.8) is 0 Å². The summed E-state index contributed by atoms with van der Waals surface area (Å²) in [4.78, 5) is 25.3. The lowest BCUT2D eigenvalue weighted by Gasteiger charge is -2.12. The van der Waals surface area contributed by atoms with Crippen LogP contribution in [-0.2, 0) is 19.6 Å². The lowest BCUT2D eigenvalue weighted by Crippen LogP contribution is -2.19. The van der Waals surface area contributed by atoms with Crippen molar-refractivity contribution in [2.75, 3.05) is 13.2 Å². The third-order valence-corrected chi connectivity index (χ3v) is 11.9. The maximum absolute atomic E-state index is 13.0. The number of rotatable bonds is 41. The van der Waals surface area contributed by atoms with E-state index in [2.05, 4.69) is 26.0 Å². The number of carbonyl (C=O) groups is 2. The van der Waals surface area contributed by atoms with Gasteiger partial charge in [-0.1, -0.05) is 224 Å². The highest BCUT2D eigenvalue weighted by atomic mass is 32.2. The van der Waals surface area contributed by atoms with Crippen molar-refractivity contribution in [2.45, 2.75) is 237 Å². The molecule has 7 nitrogen and oxygen atoms in total. The topological polar surface area (TPSA) is 107 Å². The van der Waals surface area contributed by atoms with Gasteiger partial charge in [0.2, 0.25) is 0 Å². The van der Waals surface area contributed by atoms with Gasteiger partial charge in [-0.3, -0.25) is 4.55 Å². The second-order valence-electron chi connectivity index (χ2n) is 16.4. The third-order valence-electron chi connectivity index (χ3n) is 11.0. The number of unbranched alkanes of at least 4 members (excludes halogenated alkanes) is 30. The second kappa shape index (κ2) is 38.7. The fourth-order valence-corrected chi connectivity index (χ4v) is 8.16. The Morgan fingerprint density at radius 1 is 0.466 bits per heavy atom. The number of hydrogen-bond acceptors (Lipinski definition) is 6. The molecule has 58 heavy (non-hydrogen) atoms. The van der Waals surface area contributed by atoms with Crippen LogP contribution in [0.4, 0.5) is 0 Å². The summed E-state index contributed by atoms with van der Waals surface area (Å²) < 4.78 is 44.8. The Labute approximate surface area is 356 Å². The van der Waals surface area contributed by atoms with E-state index in [0.717, 1.165) is 31.7 Å². The number of hydrogen-bond donors (Lipinski definition) is 1. The van der Waals surface area contributed by atoms with Gasteiger partial charge in [-0.2, -0.15) is 8.42 Å². The molecule has 0 heterocycles. The van der Waals surface area contributed by atoms with E-state index in [4.69, 9.17) is 9.47 Å². The van der Waals surface area contributed by atoms with E-state index in [-0.39, 0.29) is 18.8 Å². The molecule has 334 valence electrons. The Bertz CT molecular complexity index is 1300. The molecule has 1 rings (SSSR count). The fourth-order valence-electron chi connectivity index (χ4n) is 7.45. The van der Waals surface area contributed by atoms with Crippen LogP contribution in [0.2, 0.25) is 0 Å². The molecule has 0 radical (unpaired) electrons. The minimum atomic E-state index is -4.79. The van der Waals surface area contributed by atoms with Crippen molar-refractivity contribution < 1.29 is 32.0 Å². The van der Waals surface area contributed by atoms with Crippen LogP contribution in [0.25, 0.3) is 0 Å². The van der Waals surface area contributed by atoms with Gasteiger partial charge in [-0.25, -0.2) is 9.59 Å². The lowest BCUT2D eigenvalue weighted by molar-refractivity contribution is 0.0460. The first kappa shape index (κ1) is 53.6. The van der Waals surface area contributed by atoms with Crippen LogP contribution in [0, 0.1) is 0 Å².